The summed E-state index contributed by atoms with van der Waals surface area (Å²) in [6.45, 7) is 8.31. The summed E-state index contributed by atoms with van der Waals surface area (Å²) in [6, 6.07) is 0.802. The van der Waals surface area contributed by atoms with E-state index in [1.54, 1.807) is 0 Å². The zero-order valence-corrected chi connectivity index (χ0v) is 14.2. The van der Waals surface area contributed by atoms with Gasteiger partial charge in [-0.25, -0.2) is 0 Å². The molecule has 0 aromatic carbocycles. The molecule has 3 nitrogen and oxygen atoms in total. The van der Waals surface area contributed by atoms with Gasteiger partial charge in [-0.05, 0) is 64.1 Å². The number of hydrogen-bond acceptors (Lipinski definition) is 3. The monoisotopic (exact) mass is 296 g/mol. The molecule has 2 aliphatic rings. The van der Waals surface area contributed by atoms with Crippen LogP contribution in [0.4, 0.5) is 0 Å². The van der Waals surface area contributed by atoms with Gasteiger partial charge >= 0.3 is 0 Å². The summed E-state index contributed by atoms with van der Waals surface area (Å²) in [4.78, 5) is 2.75. The van der Waals surface area contributed by atoms with E-state index in [2.05, 4.69) is 24.1 Å². The van der Waals surface area contributed by atoms with Gasteiger partial charge in [0.25, 0.3) is 0 Å². The van der Waals surface area contributed by atoms with Crippen LogP contribution in [0.15, 0.2) is 0 Å². The van der Waals surface area contributed by atoms with Gasteiger partial charge in [0.15, 0.2) is 0 Å². The predicted molar refractivity (Wildman–Crippen MR) is 89.6 cm³/mol. The SMILES string of the molecule is CCNC1(CO)CCCC1CCN1CCCCCC1CC. The van der Waals surface area contributed by atoms with Crippen molar-refractivity contribution in [2.24, 2.45) is 5.92 Å². The molecule has 3 unspecified atom stereocenters. The van der Waals surface area contributed by atoms with Gasteiger partial charge in [0, 0.05) is 11.6 Å². The summed E-state index contributed by atoms with van der Waals surface area (Å²) in [5.41, 5.74) is 0.0162. The van der Waals surface area contributed by atoms with E-state index in [0.717, 1.165) is 19.0 Å². The van der Waals surface area contributed by atoms with Crippen LogP contribution in [0.1, 0.15) is 71.6 Å². The first kappa shape index (κ1) is 17.2. The molecule has 2 N–H and O–H groups in total. The molecule has 3 heteroatoms. The molecule has 2 fully saturated rings. The maximum atomic E-state index is 9.92. The lowest BCUT2D eigenvalue weighted by molar-refractivity contribution is 0.105. The molecule has 124 valence electrons. The minimum Gasteiger partial charge on any atom is -0.394 e. The average molecular weight is 296 g/mol. The summed E-state index contributed by atoms with van der Waals surface area (Å²) >= 11 is 0. The number of nitrogens with one attached hydrogen (secondary N) is 1. The van der Waals surface area contributed by atoms with Gasteiger partial charge in [-0.2, -0.15) is 0 Å². The normalized spacial score (nSPS) is 35.0. The predicted octanol–water partition coefficient (Wildman–Crippen LogP) is 3.17. The Bertz CT molecular complexity index is 297. The fraction of sp³-hybridized carbons (Fsp3) is 1.00. The second kappa shape index (κ2) is 8.50. The Kier molecular flexibility index (Phi) is 6.97. The largest absolute Gasteiger partial charge is 0.394 e. The van der Waals surface area contributed by atoms with Crippen LogP contribution in [0.25, 0.3) is 0 Å². The Morgan fingerprint density at radius 3 is 2.71 bits per heavy atom. The van der Waals surface area contributed by atoms with Gasteiger partial charge in [0.05, 0.1) is 6.61 Å². The van der Waals surface area contributed by atoms with Crippen molar-refractivity contribution in [1.82, 2.24) is 10.2 Å². The molecule has 0 aromatic rings. The Labute approximate surface area is 131 Å². The molecule has 1 saturated heterocycles. The van der Waals surface area contributed by atoms with Crippen LogP contribution in [-0.2, 0) is 0 Å². The van der Waals surface area contributed by atoms with Crippen LogP contribution in [0.2, 0.25) is 0 Å². The molecule has 0 spiro atoms. The van der Waals surface area contributed by atoms with Crippen molar-refractivity contribution in [3.63, 3.8) is 0 Å². The molecule has 1 heterocycles. The van der Waals surface area contributed by atoms with Crippen LogP contribution in [0.5, 0.6) is 0 Å². The third kappa shape index (κ3) is 4.20. The zero-order chi connectivity index (χ0) is 15.1. The van der Waals surface area contributed by atoms with Crippen LogP contribution in [0, 0.1) is 5.92 Å². The van der Waals surface area contributed by atoms with Crippen LogP contribution < -0.4 is 5.32 Å². The number of rotatable bonds is 7. The van der Waals surface area contributed by atoms with Crippen molar-refractivity contribution in [3.05, 3.63) is 0 Å². The average Bonchev–Trinajstić information content (AvgIpc) is 2.76. The van der Waals surface area contributed by atoms with Crippen molar-refractivity contribution >= 4 is 0 Å². The molecule has 3 atom stereocenters. The lowest BCUT2D eigenvalue weighted by Gasteiger charge is -2.37. The molecule has 0 bridgehead atoms. The quantitative estimate of drug-likeness (QED) is 0.757. The van der Waals surface area contributed by atoms with Crippen molar-refractivity contribution < 1.29 is 5.11 Å². The number of hydrogen-bond donors (Lipinski definition) is 2. The van der Waals surface area contributed by atoms with Gasteiger partial charge in [0.1, 0.15) is 0 Å². The van der Waals surface area contributed by atoms with Crippen LogP contribution in [-0.4, -0.2) is 47.8 Å². The highest BCUT2D eigenvalue weighted by Crippen LogP contribution is 2.38. The zero-order valence-electron chi connectivity index (χ0n) is 14.2. The standard InChI is InChI=1S/C18H36N2O/c1-3-17-10-6-5-7-13-20(17)14-11-16-9-8-12-18(16,15-21)19-4-2/h16-17,19,21H,3-15H2,1-2H3. The van der Waals surface area contributed by atoms with Crippen molar-refractivity contribution in [2.45, 2.75) is 83.2 Å². The number of likely N-dealkylation sites (N-methyl/N-ethyl adjacent to an activating group) is 1. The van der Waals surface area contributed by atoms with E-state index in [0.29, 0.717) is 12.5 Å². The molecule has 0 amide bonds. The second-order valence-corrected chi connectivity index (χ2v) is 7.17. The molecule has 0 aromatic heterocycles. The van der Waals surface area contributed by atoms with Gasteiger partial charge in [0.2, 0.25) is 0 Å². The molecular formula is C18H36N2O. The molecule has 21 heavy (non-hydrogen) atoms. The summed E-state index contributed by atoms with van der Waals surface area (Å²) < 4.78 is 0. The van der Waals surface area contributed by atoms with Crippen LogP contribution in [0.3, 0.4) is 0 Å². The topological polar surface area (TPSA) is 35.5 Å². The van der Waals surface area contributed by atoms with Gasteiger partial charge in [-0.1, -0.05) is 33.1 Å². The second-order valence-electron chi connectivity index (χ2n) is 7.17. The maximum Gasteiger partial charge on any atom is 0.0616 e. The Morgan fingerprint density at radius 2 is 2.00 bits per heavy atom. The fourth-order valence-corrected chi connectivity index (χ4v) is 4.73. The number of nitrogens with zero attached hydrogens (tertiary/aromatic N) is 1. The molecule has 2 rings (SSSR count). The summed E-state index contributed by atoms with van der Waals surface area (Å²) in [5.74, 6) is 0.656. The van der Waals surface area contributed by atoms with E-state index >= 15 is 0 Å². The van der Waals surface area contributed by atoms with Gasteiger partial charge in [-0.3, -0.25) is 0 Å². The smallest absolute Gasteiger partial charge is 0.0616 e. The van der Waals surface area contributed by atoms with Crippen molar-refractivity contribution in [2.75, 3.05) is 26.2 Å². The van der Waals surface area contributed by atoms with Crippen LogP contribution >= 0.6 is 0 Å². The van der Waals surface area contributed by atoms with E-state index in [-0.39, 0.29) is 5.54 Å². The third-order valence-electron chi connectivity index (χ3n) is 6.00. The first-order valence-corrected chi connectivity index (χ1v) is 9.35. The molecule has 1 saturated carbocycles. The van der Waals surface area contributed by atoms with Gasteiger partial charge in [-0.15, -0.1) is 0 Å². The molecule has 1 aliphatic carbocycles. The number of aliphatic hydroxyl groups excluding tert-OH is 1. The first-order valence-electron chi connectivity index (χ1n) is 9.35. The van der Waals surface area contributed by atoms with E-state index < -0.39 is 0 Å². The highest BCUT2D eigenvalue weighted by Gasteiger charge is 2.41. The van der Waals surface area contributed by atoms with Crippen molar-refractivity contribution in [1.29, 1.82) is 0 Å². The molecule has 1 aliphatic heterocycles. The lowest BCUT2D eigenvalue weighted by Crippen LogP contribution is -2.52. The highest BCUT2D eigenvalue weighted by atomic mass is 16.3. The molecular weight excluding hydrogens is 260 g/mol. The number of aliphatic hydroxyl groups is 1. The number of likely N-dealkylation sites (tertiary alicyclic amines) is 1. The third-order valence-corrected chi connectivity index (χ3v) is 6.00. The Hall–Kier alpha value is -0.120. The van der Waals surface area contributed by atoms with Crippen molar-refractivity contribution in [3.8, 4) is 0 Å². The lowest BCUT2D eigenvalue weighted by atomic mass is 9.85. The minimum absolute atomic E-state index is 0.0162. The first-order chi connectivity index (χ1) is 10.3. The summed E-state index contributed by atoms with van der Waals surface area (Å²) in [6.07, 6.45) is 11.9. The molecule has 0 radical (unpaired) electrons. The van der Waals surface area contributed by atoms with Gasteiger partial charge < -0.3 is 15.3 Å². The fourth-order valence-electron chi connectivity index (χ4n) is 4.73. The summed E-state index contributed by atoms with van der Waals surface area (Å²) in [7, 11) is 0. The van der Waals surface area contributed by atoms with E-state index in [1.165, 1.54) is 64.5 Å². The maximum absolute atomic E-state index is 9.92. The Morgan fingerprint density at radius 1 is 1.14 bits per heavy atom. The van der Waals surface area contributed by atoms with E-state index in [4.69, 9.17) is 0 Å². The summed E-state index contributed by atoms with van der Waals surface area (Å²) in [5, 5.41) is 13.5. The minimum atomic E-state index is 0.0162. The van der Waals surface area contributed by atoms with E-state index in [1.807, 2.05) is 0 Å². The highest BCUT2D eigenvalue weighted by molar-refractivity contribution is 4.99. The Balaban J connectivity index is 1.90. The van der Waals surface area contributed by atoms with E-state index in [9.17, 15) is 5.11 Å².